The van der Waals surface area contributed by atoms with Crippen molar-refractivity contribution in [2.45, 2.75) is 24.0 Å². The van der Waals surface area contributed by atoms with E-state index >= 15 is 0 Å². The van der Waals surface area contributed by atoms with Crippen molar-refractivity contribution in [2.24, 2.45) is 0 Å². The molecule has 1 aliphatic carbocycles. The van der Waals surface area contributed by atoms with Gasteiger partial charge in [-0.3, -0.25) is 9.36 Å². The van der Waals surface area contributed by atoms with Crippen LogP contribution in [0.1, 0.15) is 18.9 Å². The molecule has 1 fully saturated rings. The zero-order valence-corrected chi connectivity index (χ0v) is 13.0. The average molecular weight is 342 g/mol. The minimum atomic E-state index is -0.453. The average Bonchev–Trinajstić information content (AvgIpc) is 3.23. The monoisotopic (exact) mass is 341 g/mol. The molecule has 0 bridgehead atoms. The van der Waals surface area contributed by atoms with E-state index in [1.165, 1.54) is 23.9 Å². The predicted molar refractivity (Wildman–Crippen MR) is 83.5 cm³/mol. The number of hydrogen-bond acceptors (Lipinski definition) is 5. The lowest BCUT2D eigenvalue weighted by molar-refractivity contribution is -0.113. The molecule has 0 radical (unpaired) electrons. The van der Waals surface area contributed by atoms with E-state index in [0.717, 1.165) is 18.9 Å². The number of aromatic nitrogens is 3. The number of anilines is 2. The first-order valence-electron chi connectivity index (χ1n) is 6.62. The van der Waals surface area contributed by atoms with E-state index in [4.69, 9.17) is 17.3 Å². The van der Waals surface area contributed by atoms with Crippen LogP contribution in [0.25, 0.3) is 0 Å². The number of benzene rings is 1. The smallest absolute Gasteiger partial charge is 0.234 e. The van der Waals surface area contributed by atoms with Gasteiger partial charge in [-0.15, -0.1) is 10.2 Å². The molecule has 1 aliphatic rings. The second-order valence-corrected chi connectivity index (χ2v) is 6.25. The number of nitrogen functional groups attached to an aromatic ring is 1. The highest BCUT2D eigenvalue weighted by atomic mass is 35.5. The van der Waals surface area contributed by atoms with Crippen molar-refractivity contribution in [2.75, 3.05) is 16.8 Å². The van der Waals surface area contributed by atoms with Gasteiger partial charge in [0.25, 0.3) is 0 Å². The number of nitrogens with zero attached hydrogens (tertiary/aromatic N) is 3. The van der Waals surface area contributed by atoms with E-state index in [1.807, 2.05) is 4.57 Å². The predicted octanol–water partition coefficient (Wildman–Crippen LogP) is 2.72. The van der Waals surface area contributed by atoms with Crippen LogP contribution >= 0.6 is 23.4 Å². The Morgan fingerprint density at radius 2 is 2.27 bits per heavy atom. The number of hydrogen-bond donors (Lipinski definition) is 2. The summed E-state index contributed by atoms with van der Waals surface area (Å²) in [6.07, 6.45) is 2.10. The summed E-state index contributed by atoms with van der Waals surface area (Å²) in [5.74, 6) is -0.210. The van der Waals surface area contributed by atoms with Gasteiger partial charge in [-0.05, 0) is 31.0 Å². The molecule has 9 heteroatoms. The fourth-order valence-corrected chi connectivity index (χ4v) is 3.00. The highest BCUT2D eigenvalue weighted by molar-refractivity contribution is 7.99. The van der Waals surface area contributed by atoms with Gasteiger partial charge in [0.15, 0.2) is 5.16 Å². The van der Waals surface area contributed by atoms with Gasteiger partial charge in [0.2, 0.25) is 11.9 Å². The third kappa shape index (κ3) is 3.33. The van der Waals surface area contributed by atoms with Gasteiger partial charge in [0, 0.05) is 6.04 Å². The Labute approximate surface area is 135 Å². The van der Waals surface area contributed by atoms with Crippen molar-refractivity contribution in [3.05, 3.63) is 29.0 Å². The van der Waals surface area contributed by atoms with Crippen LogP contribution in [0.5, 0.6) is 0 Å². The molecular weight excluding hydrogens is 329 g/mol. The molecule has 2 aromatic rings. The SMILES string of the molecule is Nc1nnc(SCC(=O)Nc2ccc(F)cc2Cl)n1C1CC1. The van der Waals surface area contributed by atoms with Crippen molar-refractivity contribution in [1.29, 1.82) is 0 Å². The van der Waals surface area contributed by atoms with Crippen molar-refractivity contribution in [3.63, 3.8) is 0 Å². The van der Waals surface area contributed by atoms with Crippen LogP contribution in [0.4, 0.5) is 16.0 Å². The standard InChI is InChI=1S/C13H13ClFN5OS/c14-9-5-7(15)1-4-10(9)17-11(21)6-22-13-19-18-12(16)20(13)8-2-3-8/h1,4-5,8H,2-3,6H2,(H2,16,18)(H,17,21). The molecule has 3 N–H and O–H groups in total. The fourth-order valence-electron chi connectivity index (χ4n) is 1.97. The number of thioether (sulfide) groups is 1. The normalized spacial score (nSPS) is 14.1. The summed E-state index contributed by atoms with van der Waals surface area (Å²) in [6, 6.07) is 4.14. The van der Waals surface area contributed by atoms with Crippen LogP contribution in [0.15, 0.2) is 23.4 Å². The van der Waals surface area contributed by atoms with Crippen LogP contribution < -0.4 is 11.1 Å². The Balaban J connectivity index is 1.61. The molecule has 6 nitrogen and oxygen atoms in total. The first-order valence-corrected chi connectivity index (χ1v) is 7.99. The van der Waals surface area contributed by atoms with Crippen LogP contribution in [-0.4, -0.2) is 26.4 Å². The molecule has 0 atom stereocenters. The van der Waals surface area contributed by atoms with Crippen LogP contribution in [-0.2, 0) is 4.79 Å². The van der Waals surface area contributed by atoms with Crippen molar-refractivity contribution >= 4 is 40.9 Å². The van der Waals surface area contributed by atoms with Gasteiger partial charge in [0.05, 0.1) is 16.5 Å². The number of amides is 1. The maximum atomic E-state index is 13.0. The third-order valence-electron chi connectivity index (χ3n) is 3.14. The molecule has 1 aromatic carbocycles. The zero-order chi connectivity index (χ0) is 15.7. The van der Waals surface area contributed by atoms with Crippen LogP contribution in [0.2, 0.25) is 5.02 Å². The Kier molecular flexibility index (Phi) is 4.21. The highest BCUT2D eigenvalue weighted by Gasteiger charge is 2.29. The van der Waals surface area contributed by atoms with E-state index in [9.17, 15) is 9.18 Å². The highest BCUT2D eigenvalue weighted by Crippen LogP contribution is 2.39. The fraction of sp³-hybridized carbons (Fsp3) is 0.308. The van der Waals surface area contributed by atoms with Gasteiger partial charge in [-0.2, -0.15) is 0 Å². The summed E-state index contributed by atoms with van der Waals surface area (Å²) in [4.78, 5) is 12.0. The summed E-state index contributed by atoms with van der Waals surface area (Å²) in [5, 5.41) is 11.2. The quantitative estimate of drug-likeness (QED) is 0.817. The maximum Gasteiger partial charge on any atom is 0.234 e. The first kappa shape index (κ1) is 15.1. The van der Waals surface area contributed by atoms with E-state index in [-0.39, 0.29) is 16.7 Å². The van der Waals surface area contributed by atoms with Crippen molar-refractivity contribution in [1.82, 2.24) is 14.8 Å². The molecule has 22 heavy (non-hydrogen) atoms. The zero-order valence-electron chi connectivity index (χ0n) is 11.4. The minimum absolute atomic E-state index is 0.137. The second-order valence-electron chi connectivity index (χ2n) is 4.90. The topological polar surface area (TPSA) is 85.8 Å². The van der Waals surface area contributed by atoms with E-state index in [1.54, 1.807) is 0 Å². The summed E-state index contributed by atoms with van der Waals surface area (Å²) in [5.41, 5.74) is 6.14. The molecule has 0 unspecified atom stereocenters. The number of rotatable bonds is 5. The van der Waals surface area contributed by atoms with Gasteiger partial charge in [-0.25, -0.2) is 4.39 Å². The Bertz CT molecular complexity index is 718. The molecular formula is C13H13ClFN5OS. The van der Waals surface area contributed by atoms with Gasteiger partial charge >= 0.3 is 0 Å². The summed E-state index contributed by atoms with van der Waals surface area (Å²) < 4.78 is 14.8. The molecule has 1 amide bonds. The lowest BCUT2D eigenvalue weighted by Gasteiger charge is -2.08. The first-order chi connectivity index (χ1) is 10.5. The lowest BCUT2D eigenvalue weighted by atomic mass is 10.3. The summed E-state index contributed by atoms with van der Waals surface area (Å²) in [7, 11) is 0. The second kappa shape index (κ2) is 6.13. The number of halogens is 2. The Morgan fingerprint density at radius 3 is 2.95 bits per heavy atom. The molecule has 0 aliphatic heterocycles. The molecule has 0 saturated heterocycles. The minimum Gasteiger partial charge on any atom is -0.368 e. The van der Waals surface area contributed by atoms with Gasteiger partial charge < -0.3 is 11.1 Å². The molecule has 3 rings (SSSR count). The molecule has 0 spiro atoms. The molecule has 116 valence electrons. The van der Waals surface area contributed by atoms with E-state index in [2.05, 4.69) is 15.5 Å². The molecule has 1 heterocycles. The van der Waals surface area contributed by atoms with Crippen molar-refractivity contribution < 1.29 is 9.18 Å². The van der Waals surface area contributed by atoms with Gasteiger partial charge in [0.1, 0.15) is 5.82 Å². The van der Waals surface area contributed by atoms with Crippen LogP contribution in [0.3, 0.4) is 0 Å². The molecule has 1 saturated carbocycles. The van der Waals surface area contributed by atoms with E-state index in [0.29, 0.717) is 22.8 Å². The maximum absolute atomic E-state index is 13.0. The molecule has 1 aromatic heterocycles. The van der Waals surface area contributed by atoms with Gasteiger partial charge in [-0.1, -0.05) is 23.4 Å². The lowest BCUT2D eigenvalue weighted by Crippen LogP contribution is -2.15. The largest absolute Gasteiger partial charge is 0.368 e. The van der Waals surface area contributed by atoms with E-state index < -0.39 is 5.82 Å². The number of carbonyl (C=O) groups is 1. The number of nitrogens with two attached hydrogens (primary N) is 1. The number of nitrogens with one attached hydrogen (secondary N) is 1. The van der Waals surface area contributed by atoms with Crippen molar-refractivity contribution in [3.8, 4) is 0 Å². The van der Waals surface area contributed by atoms with Crippen LogP contribution in [0, 0.1) is 5.82 Å². The summed E-state index contributed by atoms with van der Waals surface area (Å²) >= 11 is 7.12. The Hall–Kier alpha value is -1.80. The number of carbonyl (C=O) groups excluding carboxylic acids is 1. The Morgan fingerprint density at radius 1 is 1.50 bits per heavy atom. The third-order valence-corrected chi connectivity index (χ3v) is 4.40. The summed E-state index contributed by atoms with van der Waals surface area (Å²) in [6.45, 7) is 0.